The summed E-state index contributed by atoms with van der Waals surface area (Å²) in [5, 5.41) is 67.9. The van der Waals surface area contributed by atoms with Crippen molar-refractivity contribution < 1.29 is 87.9 Å². The maximum absolute atomic E-state index is 14.7. The van der Waals surface area contributed by atoms with Crippen LogP contribution in [0, 0.1) is 11.8 Å². The average Bonchev–Trinajstić information content (AvgIpc) is 4.21. The number of carboxylic acids is 3. The van der Waals surface area contributed by atoms with E-state index in [0.717, 1.165) is 6.92 Å². The van der Waals surface area contributed by atoms with Gasteiger partial charge in [0, 0.05) is 32.2 Å². The summed E-state index contributed by atoms with van der Waals surface area (Å²) in [5.41, 5.74) is 11.9. The van der Waals surface area contributed by atoms with Gasteiger partial charge in [0.25, 0.3) is 0 Å². The number of likely N-dealkylation sites (tertiary alicyclic amines) is 1. The van der Waals surface area contributed by atoms with Gasteiger partial charge < -0.3 is 84.4 Å². The molecule has 2 aromatic rings. The molecule has 1 heterocycles. The molecule has 2 aromatic carbocycles. The molecule has 10 atom stereocenters. The molecule has 3 rings (SSSR count). The monoisotopic (exact) mass is 1170 g/mol. The quantitative estimate of drug-likeness (QED) is 0.0328. The highest BCUT2D eigenvalue weighted by Gasteiger charge is 2.41. The number of rotatable bonds is 34. The number of carbonyl (C=O) groups is 13. The number of primary amides is 1. The minimum Gasteiger partial charge on any atom is -0.508 e. The van der Waals surface area contributed by atoms with Crippen molar-refractivity contribution in [2.75, 3.05) is 13.1 Å². The third kappa shape index (κ3) is 23.3. The summed E-state index contributed by atoms with van der Waals surface area (Å²) in [7, 11) is 0. The summed E-state index contributed by atoms with van der Waals surface area (Å²) >= 11 is 0. The average molecular weight is 1170 g/mol. The number of carbonyl (C=O) groups excluding carboxylic acids is 10. The van der Waals surface area contributed by atoms with Crippen LogP contribution in [-0.2, 0) is 75.2 Å². The molecule has 0 radical (unpaired) electrons. The first-order chi connectivity index (χ1) is 39.0. The second-order valence-corrected chi connectivity index (χ2v) is 20.9. The van der Waals surface area contributed by atoms with Crippen molar-refractivity contribution in [3.05, 3.63) is 65.7 Å². The zero-order valence-electron chi connectivity index (χ0n) is 46.8. The molecule has 10 amide bonds. The lowest BCUT2D eigenvalue weighted by Crippen LogP contribution is -2.62. The highest BCUT2D eigenvalue weighted by molar-refractivity contribution is 5.99. The first kappa shape index (κ1) is 68.5. The predicted octanol–water partition coefficient (Wildman–Crippen LogP) is -3.22. The van der Waals surface area contributed by atoms with Gasteiger partial charge in [-0.25, -0.2) is 0 Å². The fraction of sp³-hybridized carbons (Fsp3) is 0.537. The zero-order chi connectivity index (χ0) is 62.2. The molecule has 0 saturated carbocycles. The third-order valence-electron chi connectivity index (χ3n) is 13.1. The first-order valence-corrected chi connectivity index (χ1v) is 26.9. The van der Waals surface area contributed by atoms with Crippen molar-refractivity contribution in [1.82, 2.24) is 47.4 Å². The van der Waals surface area contributed by atoms with Gasteiger partial charge in [-0.2, -0.15) is 0 Å². The van der Waals surface area contributed by atoms with Gasteiger partial charge in [0.2, 0.25) is 59.1 Å². The van der Waals surface area contributed by atoms with Crippen LogP contribution in [0.4, 0.5) is 0 Å². The molecule has 0 bridgehead atoms. The summed E-state index contributed by atoms with van der Waals surface area (Å²) in [6, 6.07) is 0.218. The fourth-order valence-corrected chi connectivity index (χ4v) is 8.76. The Morgan fingerprint density at radius 1 is 0.578 bits per heavy atom. The molecule has 456 valence electrons. The number of nitrogens with two attached hydrogens (primary N) is 2. The molecule has 0 unspecified atom stereocenters. The van der Waals surface area contributed by atoms with E-state index in [2.05, 4.69) is 42.5 Å². The highest BCUT2D eigenvalue weighted by atomic mass is 16.4. The van der Waals surface area contributed by atoms with E-state index in [1.165, 1.54) is 43.0 Å². The van der Waals surface area contributed by atoms with Gasteiger partial charge in [-0.05, 0) is 74.1 Å². The molecule has 29 nitrogen and oxygen atoms in total. The Hall–Kier alpha value is -8.73. The molecular formula is C54H77N11O18. The smallest absolute Gasteiger partial charge is 0.322 e. The van der Waals surface area contributed by atoms with Gasteiger partial charge in [0.05, 0.1) is 18.6 Å². The van der Waals surface area contributed by atoms with Crippen molar-refractivity contribution in [2.45, 2.75) is 159 Å². The number of benzene rings is 2. The second-order valence-electron chi connectivity index (χ2n) is 20.9. The zero-order valence-corrected chi connectivity index (χ0v) is 46.8. The van der Waals surface area contributed by atoms with E-state index in [9.17, 15) is 82.8 Å². The number of aromatic hydroxyl groups is 1. The van der Waals surface area contributed by atoms with Gasteiger partial charge in [-0.15, -0.1) is 0 Å². The van der Waals surface area contributed by atoms with E-state index in [1.54, 1.807) is 44.2 Å². The van der Waals surface area contributed by atoms with Crippen molar-refractivity contribution in [1.29, 1.82) is 0 Å². The van der Waals surface area contributed by atoms with Gasteiger partial charge >= 0.3 is 17.9 Å². The van der Waals surface area contributed by atoms with Crippen LogP contribution in [0.25, 0.3) is 0 Å². The topological polar surface area (TPSA) is 475 Å². The molecule has 1 fully saturated rings. The molecule has 83 heavy (non-hydrogen) atoms. The second kappa shape index (κ2) is 33.3. The van der Waals surface area contributed by atoms with Crippen molar-refractivity contribution in [3.63, 3.8) is 0 Å². The van der Waals surface area contributed by atoms with E-state index in [4.69, 9.17) is 16.6 Å². The van der Waals surface area contributed by atoms with Crippen molar-refractivity contribution >= 4 is 77.0 Å². The number of aliphatic hydroxyl groups excluding tert-OH is 1. The summed E-state index contributed by atoms with van der Waals surface area (Å²) in [5.74, 6) is -15.0. The standard InChI is InChI=1S/C54H77N11O18/c1-27(2)22-38(54(83)65-21-9-12-39(65)51(80)58-34(18-20-41(69)70)47(76)57-26-43(73)74)62-49(78)35(23-30-10-7-6-8-11-30)59-48(77)36(24-31-13-15-32(67)16-14-31)60-52(81)44(28(3)4)63-50(79)37(25-42(71)72)61-53(82)45(29(5)66)64-46(75)33(55)17-19-40(56)68/h6-8,10-11,13-16,27-29,33-39,44-45,66-67H,9,12,17-26,55H2,1-5H3,(H2,56,68)(H,57,76)(H,58,80)(H,59,77)(H,60,81)(H,61,82)(H,62,78)(H,63,79)(H,64,75)(H,69,70)(H,71,72)(H,73,74)/t29-,33+,34+,35+,36+,37+,38+,39+,44+,45+/m1/s1. The first-order valence-electron chi connectivity index (χ1n) is 26.9. The SMILES string of the molecule is CC(C)C[C@H](NC(=O)[C@H](Cc1ccccc1)NC(=O)[C@H](Cc1ccc(O)cc1)NC(=O)[C@@H](NC(=O)[C@H](CC(=O)O)NC(=O)[C@@H](NC(=O)[C@@H](N)CCC(N)=O)[C@@H](C)O)C(C)C)C(=O)N1CCC[C@H]1C(=O)N[C@@H](CCC(=O)O)C(=O)NCC(=O)O. The molecule has 0 aromatic heterocycles. The van der Waals surface area contributed by atoms with Crippen molar-refractivity contribution in [2.24, 2.45) is 23.3 Å². The van der Waals surface area contributed by atoms with Crippen LogP contribution in [0.1, 0.15) is 97.1 Å². The van der Waals surface area contributed by atoms with E-state index in [0.29, 0.717) is 17.5 Å². The Bertz CT molecular complexity index is 2640. The number of hydrogen-bond donors (Lipinski definition) is 15. The molecule has 0 spiro atoms. The summed E-state index contributed by atoms with van der Waals surface area (Å²) in [6.07, 6.45) is -4.22. The van der Waals surface area contributed by atoms with E-state index >= 15 is 0 Å². The van der Waals surface area contributed by atoms with Crippen LogP contribution < -0.4 is 54.0 Å². The lowest BCUT2D eigenvalue weighted by atomic mass is 9.98. The molecule has 1 aliphatic rings. The number of carboxylic acid groups (broad SMARTS) is 3. The summed E-state index contributed by atoms with van der Waals surface area (Å²) < 4.78 is 0. The minimum absolute atomic E-state index is 0.0190. The maximum Gasteiger partial charge on any atom is 0.322 e. The van der Waals surface area contributed by atoms with Crippen molar-refractivity contribution in [3.8, 4) is 5.75 Å². The van der Waals surface area contributed by atoms with E-state index < -0.39 is 169 Å². The molecule has 29 heteroatoms. The molecule has 0 aliphatic carbocycles. The van der Waals surface area contributed by atoms with E-state index in [-0.39, 0.29) is 56.7 Å². The summed E-state index contributed by atoms with van der Waals surface area (Å²) in [6.45, 7) is 6.86. The Balaban J connectivity index is 1.96. The fourth-order valence-electron chi connectivity index (χ4n) is 8.76. The number of aliphatic hydroxyl groups is 1. The van der Waals surface area contributed by atoms with Gasteiger partial charge in [0.1, 0.15) is 60.6 Å². The molecule has 1 aliphatic heterocycles. The minimum atomic E-state index is -1.93. The normalized spacial score (nSPS) is 16.2. The van der Waals surface area contributed by atoms with Crippen LogP contribution >= 0.6 is 0 Å². The number of aliphatic carboxylic acids is 3. The number of amides is 10. The number of phenolic OH excluding ortho intramolecular Hbond substituents is 1. The van der Waals surface area contributed by atoms with Gasteiger partial charge in [0.15, 0.2) is 0 Å². The van der Waals surface area contributed by atoms with Gasteiger partial charge in [-0.3, -0.25) is 62.3 Å². The Morgan fingerprint density at radius 2 is 1.11 bits per heavy atom. The number of nitrogens with one attached hydrogen (secondary N) is 8. The number of hydrogen-bond acceptors (Lipinski definition) is 16. The van der Waals surface area contributed by atoms with Crippen LogP contribution in [0.5, 0.6) is 5.75 Å². The number of nitrogens with zero attached hydrogens (tertiary/aromatic N) is 1. The Kier molecular flexibility index (Phi) is 27.5. The van der Waals surface area contributed by atoms with Crippen LogP contribution in [0.3, 0.4) is 0 Å². The Labute approximate surface area is 478 Å². The summed E-state index contributed by atoms with van der Waals surface area (Å²) in [4.78, 5) is 172. The lowest BCUT2D eigenvalue weighted by molar-refractivity contribution is -0.143. The van der Waals surface area contributed by atoms with Crippen LogP contribution in [0.15, 0.2) is 54.6 Å². The Morgan fingerprint density at radius 3 is 1.64 bits per heavy atom. The lowest BCUT2D eigenvalue weighted by Gasteiger charge is -2.31. The highest BCUT2D eigenvalue weighted by Crippen LogP contribution is 2.22. The maximum atomic E-state index is 14.7. The number of phenols is 1. The largest absolute Gasteiger partial charge is 0.508 e. The molecular weight excluding hydrogens is 1090 g/mol. The van der Waals surface area contributed by atoms with Crippen LogP contribution in [0.2, 0.25) is 0 Å². The van der Waals surface area contributed by atoms with Crippen LogP contribution in [-0.4, -0.2) is 181 Å². The van der Waals surface area contributed by atoms with E-state index in [1.807, 2.05) is 0 Å². The molecule has 17 N–H and O–H groups in total. The predicted molar refractivity (Wildman–Crippen MR) is 292 cm³/mol. The molecule has 1 saturated heterocycles. The van der Waals surface area contributed by atoms with Gasteiger partial charge in [-0.1, -0.05) is 70.2 Å². The third-order valence-corrected chi connectivity index (χ3v) is 13.1.